The molecule has 1 aliphatic carbocycles. The molecule has 1 saturated heterocycles. The summed E-state index contributed by atoms with van der Waals surface area (Å²) in [6.45, 7) is 3.58. The number of hydrogen-bond acceptors (Lipinski definition) is 7. The summed E-state index contributed by atoms with van der Waals surface area (Å²) >= 11 is 0. The fraction of sp³-hybridized carbons (Fsp3) is 0.444. The van der Waals surface area contributed by atoms with Crippen LogP contribution >= 0.6 is 0 Å². The van der Waals surface area contributed by atoms with Crippen LogP contribution in [0.3, 0.4) is 0 Å². The predicted octanol–water partition coefficient (Wildman–Crippen LogP) is 0.723. The van der Waals surface area contributed by atoms with Crippen molar-refractivity contribution in [2.24, 2.45) is 11.6 Å². The summed E-state index contributed by atoms with van der Waals surface area (Å²) in [6, 6.07) is 2.28. The molecule has 2 aliphatic rings. The highest BCUT2D eigenvalue weighted by Gasteiger charge is 2.26. The van der Waals surface area contributed by atoms with Gasteiger partial charge in [-0.3, -0.25) is 4.79 Å². The molecule has 0 atom stereocenters. The van der Waals surface area contributed by atoms with Crippen LogP contribution in [0.5, 0.6) is 0 Å². The number of imidazole rings is 1. The van der Waals surface area contributed by atoms with Gasteiger partial charge in [0.2, 0.25) is 0 Å². The van der Waals surface area contributed by atoms with Gasteiger partial charge >= 0.3 is 0 Å². The molecular formula is C18H24N6O2. The number of rotatable bonds is 6. The highest BCUT2D eigenvalue weighted by molar-refractivity contribution is 5.71. The van der Waals surface area contributed by atoms with Gasteiger partial charge in [-0.1, -0.05) is 0 Å². The highest BCUT2D eigenvalue weighted by Crippen LogP contribution is 2.41. The van der Waals surface area contributed by atoms with Gasteiger partial charge in [0.15, 0.2) is 11.9 Å². The van der Waals surface area contributed by atoms with Gasteiger partial charge in [-0.25, -0.2) is 10.8 Å². The number of nitrogens with two attached hydrogens (primary N) is 2. The number of morpholine rings is 1. The Labute approximate surface area is 152 Å². The number of fused-ring (bicyclic) bond motifs is 1. The summed E-state index contributed by atoms with van der Waals surface area (Å²) in [5, 5.41) is 1.38. The minimum Gasteiger partial charge on any atom is -0.395 e. The Hall–Kier alpha value is -2.58. The second-order valence-corrected chi connectivity index (χ2v) is 6.91. The molecule has 0 amide bonds. The van der Waals surface area contributed by atoms with Gasteiger partial charge in [-0.2, -0.15) is 0 Å². The first kappa shape index (κ1) is 16.9. The van der Waals surface area contributed by atoms with Crippen molar-refractivity contribution >= 4 is 17.6 Å². The van der Waals surface area contributed by atoms with Crippen LogP contribution in [-0.2, 0) is 16.1 Å². The number of allylic oxidation sites excluding steroid dienone is 1. The maximum absolute atomic E-state index is 10.6. The molecular weight excluding hydrogens is 332 g/mol. The van der Waals surface area contributed by atoms with Crippen molar-refractivity contribution in [1.82, 2.24) is 14.4 Å². The van der Waals surface area contributed by atoms with Gasteiger partial charge < -0.3 is 24.8 Å². The van der Waals surface area contributed by atoms with Crippen molar-refractivity contribution in [3.63, 3.8) is 0 Å². The van der Waals surface area contributed by atoms with Crippen LogP contribution in [0.1, 0.15) is 30.0 Å². The number of hydrogen-bond donors (Lipinski definition) is 2. The zero-order valence-corrected chi connectivity index (χ0v) is 14.7. The lowest BCUT2D eigenvalue weighted by Gasteiger charge is -2.29. The average Bonchev–Trinajstić information content (AvgIpc) is 3.42. The van der Waals surface area contributed by atoms with E-state index in [1.54, 1.807) is 0 Å². The number of aldehydes is 1. The van der Waals surface area contributed by atoms with E-state index in [4.69, 9.17) is 21.3 Å². The average molecular weight is 356 g/mol. The van der Waals surface area contributed by atoms with E-state index in [0.717, 1.165) is 43.3 Å². The molecule has 26 heavy (non-hydrogen) atoms. The smallest absolute Gasteiger partial charge is 0.167 e. The number of carbonyl (C=O) groups excluding carboxylic acids is 1. The number of nitrogens with zero attached hydrogens (tertiary/aromatic N) is 4. The summed E-state index contributed by atoms with van der Waals surface area (Å²) in [4.78, 5) is 17.8. The van der Waals surface area contributed by atoms with E-state index in [0.29, 0.717) is 18.7 Å². The van der Waals surface area contributed by atoms with Gasteiger partial charge in [0.05, 0.1) is 36.8 Å². The van der Waals surface area contributed by atoms with E-state index in [-0.39, 0.29) is 5.70 Å². The van der Waals surface area contributed by atoms with E-state index in [9.17, 15) is 4.79 Å². The number of aromatic nitrogens is 2. The van der Waals surface area contributed by atoms with Crippen molar-refractivity contribution in [3.05, 3.63) is 41.6 Å². The fourth-order valence-electron chi connectivity index (χ4n) is 3.36. The van der Waals surface area contributed by atoms with Gasteiger partial charge in [0.1, 0.15) is 0 Å². The van der Waals surface area contributed by atoms with Crippen LogP contribution in [0.4, 0.5) is 5.69 Å². The first-order chi connectivity index (χ1) is 12.6. The lowest BCUT2D eigenvalue weighted by molar-refractivity contribution is -0.105. The normalized spacial score (nSPS) is 18.3. The Balaban J connectivity index is 1.67. The maximum Gasteiger partial charge on any atom is 0.167 e. The number of ether oxygens (including phenoxy) is 1. The number of pyridine rings is 1. The molecule has 2 aromatic heterocycles. The Bertz CT molecular complexity index is 836. The van der Waals surface area contributed by atoms with E-state index in [2.05, 4.69) is 21.6 Å². The second-order valence-electron chi connectivity index (χ2n) is 6.91. The van der Waals surface area contributed by atoms with Crippen LogP contribution in [0.2, 0.25) is 0 Å². The molecule has 1 aliphatic heterocycles. The van der Waals surface area contributed by atoms with Crippen LogP contribution < -0.4 is 16.5 Å². The summed E-state index contributed by atoms with van der Waals surface area (Å²) in [5.41, 5.74) is 9.85. The van der Waals surface area contributed by atoms with Crippen LogP contribution in [0.25, 0.3) is 5.65 Å². The van der Waals surface area contributed by atoms with Crippen LogP contribution in [0.15, 0.2) is 30.4 Å². The molecule has 0 radical (unpaired) electrons. The van der Waals surface area contributed by atoms with Crippen LogP contribution in [0, 0.1) is 0 Å². The minimum absolute atomic E-state index is 0.0845. The Kier molecular flexibility index (Phi) is 4.52. The fourth-order valence-corrected chi connectivity index (χ4v) is 3.36. The summed E-state index contributed by atoms with van der Waals surface area (Å²) in [6.07, 6.45) is 8.65. The number of anilines is 1. The molecule has 8 nitrogen and oxygen atoms in total. The van der Waals surface area contributed by atoms with Gasteiger partial charge in [-0.05, 0) is 30.4 Å². The molecule has 4 N–H and O–H groups in total. The van der Waals surface area contributed by atoms with Crippen molar-refractivity contribution in [2.75, 3.05) is 31.2 Å². The van der Waals surface area contributed by atoms with Crippen molar-refractivity contribution < 1.29 is 9.53 Å². The summed E-state index contributed by atoms with van der Waals surface area (Å²) < 4.78 is 7.58. The Morgan fingerprint density at radius 1 is 1.35 bits per heavy atom. The molecule has 8 heteroatoms. The summed E-state index contributed by atoms with van der Waals surface area (Å²) in [5.74, 6) is 6.57. The summed E-state index contributed by atoms with van der Waals surface area (Å²) in [7, 11) is 0. The first-order valence-corrected chi connectivity index (χ1v) is 8.92. The second kappa shape index (κ2) is 6.97. The van der Waals surface area contributed by atoms with E-state index < -0.39 is 0 Å². The van der Waals surface area contributed by atoms with Gasteiger partial charge in [0, 0.05) is 31.7 Å². The van der Waals surface area contributed by atoms with E-state index in [1.165, 1.54) is 29.6 Å². The lowest BCUT2D eigenvalue weighted by atomic mass is 10.1. The molecule has 4 rings (SSSR count). The number of carbonyl (C=O) groups is 1. The monoisotopic (exact) mass is 356 g/mol. The first-order valence-electron chi connectivity index (χ1n) is 8.92. The quantitative estimate of drug-likeness (QED) is 0.340. The molecule has 138 valence electrons. The maximum atomic E-state index is 10.6. The molecule has 0 spiro atoms. The zero-order valence-electron chi connectivity index (χ0n) is 14.7. The standard InChI is InChI=1S/C18H24N6O2/c19-15(12-25)9-24(20)11-16-10-23-8-14(13-1-2-13)7-17(18(23)21-16)22-3-5-26-6-4-22/h7-10,12-13H,1-6,11,19-20H2/b15-9-. The highest BCUT2D eigenvalue weighted by atomic mass is 16.5. The third-order valence-corrected chi connectivity index (χ3v) is 4.80. The third kappa shape index (κ3) is 3.51. The largest absolute Gasteiger partial charge is 0.395 e. The lowest BCUT2D eigenvalue weighted by Crippen LogP contribution is -2.36. The van der Waals surface area contributed by atoms with Crippen molar-refractivity contribution in [3.8, 4) is 0 Å². The van der Waals surface area contributed by atoms with Crippen molar-refractivity contribution in [1.29, 1.82) is 0 Å². The SMILES string of the molecule is N/C(C=O)=C\N(N)Cc1cn2cc(C3CC3)cc(N3CCOCC3)c2n1. The molecule has 2 fully saturated rings. The molecule has 0 unspecified atom stereocenters. The molecule has 2 aromatic rings. The molecule has 0 bridgehead atoms. The van der Waals surface area contributed by atoms with Gasteiger partial charge in [0.25, 0.3) is 0 Å². The van der Waals surface area contributed by atoms with Gasteiger partial charge in [-0.15, -0.1) is 0 Å². The third-order valence-electron chi connectivity index (χ3n) is 4.80. The molecule has 0 aromatic carbocycles. The Morgan fingerprint density at radius 3 is 2.81 bits per heavy atom. The molecule has 3 heterocycles. The van der Waals surface area contributed by atoms with E-state index >= 15 is 0 Å². The van der Waals surface area contributed by atoms with Crippen molar-refractivity contribution in [2.45, 2.75) is 25.3 Å². The predicted molar refractivity (Wildman–Crippen MR) is 98.3 cm³/mol. The number of hydrazine groups is 1. The molecule has 1 saturated carbocycles. The van der Waals surface area contributed by atoms with Crippen LogP contribution in [-0.4, -0.2) is 47.0 Å². The topological polar surface area (TPSA) is 102 Å². The zero-order chi connectivity index (χ0) is 18.1. The van der Waals surface area contributed by atoms with E-state index in [1.807, 2.05) is 6.20 Å². The minimum atomic E-state index is 0.0845. The Morgan fingerprint density at radius 2 is 2.12 bits per heavy atom.